The minimum Gasteiger partial charge on any atom is -0.477 e. The Morgan fingerprint density at radius 2 is 1.65 bits per heavy atom. The number of furan rings is 1. The molecule has 5 rings (SSSR count). The maximum absolute atomic E-state index is 12.8. The number of rotatable bonds is 5. The molecule has 0 spiro atoms. The van der Waals surface area contributed by atoms with Gasteiger partial charge in [-0.2, -0.15) is 4.90 Å². The second kappa shape index (κ2) is 8.59. The fourth-order valence-electron chi connectivity index (χ4n) is 3.72. The Hall–Kier alpha value is -4.85. The first-order valence-corrected chi connectivity index (χ1v) is 10.4. The SMILES string of the molecule is COC(=O)N(c1cc2cc(-c3ccccc3)ccc2o1)c1nn(-c2ccccc2)cc1C(=O)O. The standard InChI is InChI=1S/C26H19N3O5/c1-33-26(32)29(24-21(25(30)31)16-28(27-24)20-10-6-3-7-11-20)23-15-19-14-18(12-13-22(19)34-23)17-8-4-2-5-9-17/h2-16H,1H3,(H,30,31). The molecule has 0 fully saturated rings. The van der Waals surface area contributed by atoms with E-state index in [1.807, 2.05) is 48.5 Å². The van der Waals surface area contributed by atoms with Gasteiger partial charge in [0.25, 0.3) is 0 Å². The van der Waals surface area contributed by atoms with Crippen LogP contribution in [0.25, 0.3) is 27.8 Å². The zero-order valence-corrected chi connectivity index (χ0v) is 18.1. The van der Waals surface area contributed by atoms with Crippen LogP contribution in [0.3, 0.4) is 0 Å². The monoisotopic (exact) mass is 453 g/mol. The smallest absolute Gasteiger partial charge is 0.422 e. The zero-order chi connectivity index (χ0) is 23.7. The van der Waals surface area contributed by atoms with Gasteiger partial charge in [0.1, 0.15) is 11.1 Å². The molecule has 8 heteroatoms. The van der Waals surface area contributed by atoms with Crippen LogP contribution in [0, 0.1) is 0 Å². The molecule has 5 aromatic rings. The van der Waals surface area contributed by atoms with Crippen molar-refractivity contribution in [3.63, 3.8) is 0 Å². The third-order valence-electron chi connectivity index (χ3n) is 5.35. The van der Waals surface area contributed by atoms with Crippen LogP contribution < -0.4 is 4.90 Å². The number of aromatic carboxylic acids is 1. The summed E-state index contributed by atoms with van der Waals surface area (Å²) < 4.78 is 12.3. The number of amides is 1. The highest BCUT2D eigenvalue weighted by molar-refractivity contribution is 6.03. The van der Waals surface area contributed by atoms with Crippen LogP contribution in [0.2, 0.25) is 0 Å². The van der Waals surface area contributed by atoms with E-state index in [1.165, 1.54) is 18.0 Å². The fourth-order valence-corrected chi connectivity index (χ4v) is 3.72. The highest BCUT2D eigenvalue weighted by Crippen LogP contribution is 2.35. The lowest BCUT2D eigenvalue weighted by Gasteiger charge is -2.16. The van der Waals surface area contributed by atoms with Crippen molar-refractivity contribution >= 4 is 34.7 Å². The van der Waals surface area contributed by atoms with E-state index in [1.54, 1.807) is 36.4 Å². The summed E-state index contributed by atoms with van der Waals surface area (Å²) in [5.41, 5.74) is 3.00. The van der Waals surface area contributed by atoms with Crippen LogP contribution in [-0.4, -0.2) is 34.1 Å². The number of para-hydroxylation sites is 1. The molecule has 2 aromatic heterocycles. The third kappa shape index (κ3) is 3.77. The van der Waals surface area contributed by atoms with Gasteiger partial charge in [-0.25, -0.2) is 14.3 Å². The summed E-state index contributed by atoms with van der Waals surface area (Å²) in [7, 11) is 1.21. The lowest BCUT2D eigenvalue weighted by atomic mass is 10.0. The van der Waals surface area contributed by atoms with Crippen LogP contribution in [-0.2, 0) is 4.74 Å². The summed E-state index contributed by atoms with van der Waals surface area (Å²) in [4.78, 5) is 25.8. The lowest BCUT2D eigenvalue weighted by molar-refractivity contribution is 0.0697. The molecule has 1 N–H and O–H groups in total. The molecule has 0 atom stereocenters. The normalized spacial score (nSPS) is 10.9. The molecule has 34 heavy (non-hydrogen) atoms. The number of aromatic nitrogens is 2. The van der Waals surface area contributed by atoms with E-state index in [0.29, 0.717) is 11.3 Å². The quantitative estimate of drug-likeness (QED) is 0.356. The van der Waals surface area contributed by atoms with Gasteiger partial charge in [0.15, 0.2) is 5.82 Å². The molecule has 1 amide bonds. The van der Waals surface area contributed by atoms with Crippen molar-refractivity contribution in [2.75, 3.05) is 12.0 Å². The average molecular weight is 453 g/mol. The Balaban J connectivity index is 1.63. The van der Waals surface area contributed by atoms with E-state index in [0.717, 1.165) is 21.4 Å². The Labute approximate surface area is 194 Å². The first kappa shape index (κ1) is 21.0. The molecule has 0 aliphatic heterocycles. The van der Waals surface area contributed by atoms with Crippen LogP contribution >= 0.6 is 0 Å². The van der Waals surface area contributed by atoms with Gasteiger partial charge < -0.3 is 14.3 Å². The number of carboxylic acids is 1. The third-order valence-corrected chi connectivity index (χ3v) is 5.35. The molecule has 168 valence electrons. The van der Waals surface area contributed by atoms with Crippen molar-refractivity contribution in [1.82, 2.24) is 9.78 Å². The Bertz CT molecular complexity index is 1490. The number of carbonyl (C=O) groups is 2. The number of benzene rings is 3. The van der Waals surface area contributed by atoms with Gasteiger partial charge >= 0.3 is 12.1 Å². The zero-order valence-electron chi connectivity index (χ0n) is 18.1. The Kier molecular flexibility index (Phi) is 5.31. The number of hydrogen-bond acceptors (Lipinski definition) is 5. The van der Waals surface area contributed by atoms with E-state index in [9.17, 15) is 14.7 Å². The van der Waals surface area contributed by atoms with Crippen LogP contribution in [0.5, 0.6) is 0 Å². The van der Waals surface area contributed by atoms with Gasteiger partial charge in [0.2, 0.25) is 5.88 Å². The maximum atomic E-state index is 12.8. The van der Waals surface area contributed by atoms with Gasteiger partial charge in [-0.1, -0.05) is 54.6 Å². The van der Waals surface area contributed by atoms with Crippen molar-refractivity contribution in [3.8, 4) is 16.8 Å². The molecule has 0 unspecified atom stereocenters. The summed E-state index contributed by atoms with van der Waals surface area (Å²) >= 11 is 0. The predicted molar refractivity (Wildman–Crippen MR) is 127 cm³/mol. The van der Waals surface area contributed by atoms with E-state index in [2.05, 4.69) is 5.10 Å². The minimum absolute atomic E-state index is 0.0906. The first-order valence-electron chi connectivity index (χ1n) is 10.4. The molecule has 2 heterocycles. The van der Waals surface area contributed by atoms with Crippen molar-refractivity contribution < 1.29 is 23.8 Å². The van der Waals surface area contributed by atoms with Crippen LogP contribution in [0.4, 0.5) is 16.5 Å². The largest absolute Gasteiger partial charge is 0.477 e. The van der Waals surface area contributed by atoms with Crippen molar-refractivity contribution in [2.45, 2.75) is 0 Å². The number of ether oxygens (including phenoxy) is 1. The van der Waals surface area contributed by atoms with E-state index in [4.69, 9.17) is 9.15 Å². The first-order chi connectivity index (χ1) is 16.5. The van der Waals surface area contributed by atoms with Gasteiger partial charge in [-0.15, -0.1) is 5.10 Å². The van der Waals surface area contributed by atoms with Gasteiger partial charge in [-0.05, 0) is 35.4 Å². The molecule has 8 nitrogen and oxygen atoms in total. The predicted octanol–water partition coefficient (Wildman–Crippen LogP) is 5.89. The summed E-state index contributed by atoms with van der Waals surface area (Å²) in [5.74, 6) is -1.27. The number of fused-ring (bicyclic) bond motifs is 1. The molecule has 0 bridgehead atoms. The summed E-state index contributed by atoms with van der Waals surface area (Å²) in [6, 6.07) is 26.2. The van der Waals surface area contributed by atoms with E-state index >= 15 is 0 Å². The van der Waals surface area contributed by atoms with Crippen molar-refractivity contribution in [2.24, 2.45) is 0 Å². The number of methoxy groups -OCH3 is 1. The maximum Gasteiger partial charge on any atom is 0.422 e. The Morgan fingerprint density at radius 3 is 2.32 bits per heavy atom. The minimum atomic E-state index is -1.24. The summed E-state index contributed by atoms with van der Waals surface area (Å²) in [6.45, 7) is 0. The lowest BCUT2D eigenvalue weighted by Crippen LogP contribution is -2.27. The highest BCUT2D eigenvalue weighted by atomic mass is 16.5. The number of hydrogen-bond donors (Lipinski definition) is 1. The van der Waals surface area contributed by atoms with E-state index in [-0.39, 0.29) is 17.3 Å². The molecule has 0 aliphatic carbocycles. The second-order valence-corrected chi connectivity index (χ2v) is 7.46. The molecule has 0 aliphatic rings. The number of carboxylic acid groups (broad SMARTS) is 1. The van der Waals surface area contributed by atoms with Gasteiger partial charge in [-0.3, -0.25) is 0 Å². The van der Waals surface area contributed by atoms with Gasteiger partial charge in [0, 0.05) is 17.6 Å². The molecular formula is C26H19N3O5. The molecule has 0 saturated heterocycles. The fraction of sp³-hybridized carbons (Fsp3) is 0.0385. The Morgan fingerprint density at radius 1 is 0.941 bits per heavy atom. The molecule has 0 radical (unpaired) electrons. The van der Waals surface area contributed by atoms with Crippen molar-refractivity contribution in [1.29, 1.82) is 0 Å². The van der Waals surface area contributed by atoms with E-state index < -0.39 is 12.1 Å². The number of carbonyl (C=O) groups excluding carboxylic acids is 1. The van der Waals surface area contributed by atoms with Crippen LogP contribution in [0.15, 0.2) is 95.5 Å². The second-order valence-electron chi connectivity index (χ2n) is 7.46. The average Bonchev–Trinajstić information content (AvgIpc) is 3.49. The van der Waals surface area contributed by atoms with Crippen LogP contribution in [0.1, 0.15) is 10.4 Å². The number of nitrogens with zero attached hydrogens (tertiary/aromatic N) is 3. The molecule has 3 aromatic carbocycles. The summed E-state index contributed by atoms with van der Waals surface area (Å²) in [6.07, 6.45) is 0.516. The molecule has 0 saturated carbocycles. The highest BCUT2D eigenvalue weighted by Gasteiger charge is 2.31. The number of anilines is 2. The summed E-state index contributed by atoms with van der Waals surface area (Å²) in [5, 5.41) is 14.9. The van der Waals surface area contributed by atoms with Gasteiger partial charge in [0.05, 0.1) is 12.8 Å². The molecular weight excluding hydrogens is 434 g/mol. The van der Waals surface area contributed by atoms with Crippen molar-refractivity contribution in [3.05, 3.63) is 96.7 Å². The topological polar surface area (TPSA) is 97.8 Å².